The molecule has 2 amide bonds. The summed E-state index contributed by atoms with van der Waals surface area (Å²) in [5, 5.41) is 6.21. The Morgan fingerprint density at radius 3 is 2.63 bits per heavy atom. The molecule has 1 saturated heterocycles. The highest BCUT2D eigenvalue weighted by molar-refractivity contribution is 5.92. The van der Waals surface area contributed by atoms with Crippen molar-refractivity contribution in [1.82, 2.24) is 20.2 Å². The first kappa shape index (κ1) is 20.9. The van der Waals surface area contributed by atoms with E-state index in [2.05, 4.69) is 27.5 Å². The fourth-order valence-electron chi connectivity index (χ4n) is 3.02. The van der Waals surface area contributed by atoms with Gasteiger partial charge in [-0.05, 0) is 39.2 Å². The van der Waals surface area contributed by atoms with E-state index in [9.17, 15) is 9.59 Å². The number of amides is 2. The van der Waals surface area contributed by atoms with Crippen LogP contribution in [0.1, 0.15) is 62.1 Å². The molecule has 0 aromatic carbocycles. The highest BCUT2D eigenvalue weighted by Gasteiger charge is 2.25. The van der Waals surface area contributed by atoms with Gasteiger partial charge >= 0.3 is 6.09 Å². The molecule has 8 nitrogen and oxygen atoms in total. The van der Waals surface area contributed by atoms with Crippen molar-refractivity contribution in [2.24, 2.45) is 0 Å². The Hall–Kier alpha value is -2.38. The predicted octanol–water partition coefficient (Wildman–Crippen LogP) is 2.74. The van der Waals surface area contributed by atoms with Crippen LogP contribution in [-0.2, 0) is 4.74 Å². The molecule has 2 heterocycles. The lowest BCUT2D eigenvalue weighted by molar-refractivity contribution is 0.0856. The van der Waals surface area contributed by atoms with Crippen LogP contribution in [0.3, 0.4) is 0 Å². The van der Waals surface area contributed by atoms with Gasteiger partial charge in [-0.2, -0.15) is 0 Å². The second-order valence-electron chi connectivity index (χ2n) is 6.79. The number of anilines is 1. The second kappa shape index (κ2) is 10.7. The van der Waals surface area contributed by atoms with Gasteiger partial charge in [-0.1, -0.05) is 19.8 Å². The van der Waals surface area contributed by atoms with Crippen LogP contribution in [0.15, 0.2) is 6.07 Å². The number of hydrogen-bond donors (Lipinski definition) is 2. The molecule has 0 unspecified atom stereocenters. The molecule has 1 fully saturated rings. The molecule has 0 bridgehead atoms. The van der Waals surface area contributed by atoms with Crippen molar-refractivity contribution in [2.45, 2.75) is 58.9 Å². The van der Waals surface area contributed by atoms with Gasteiger partial charge in [0, 0.05) is 31.4 Å². The maximum absolute atomic E-state index is 12.6. The van der Waals surface area contributed by atoms with Crippen molar-refractivity contribution in [3.05, 3.63) is 17.5 Å². The van der Waals surface area contributed by atoms with Crippen molar-refractivity contribution < 1.29 is 14.3 Å². The molecule has 1 aromatic rings. The predicted molar refractivity (Wildman–Crippen MR) is 104 cm³/mol. The largest absolute Gasteiger partial charge is 0.450 e. The summed E-state index contributed by atoms with van der Waals surface area (Å²) in [7, 11) is 0. The fraction of sp³-hybridized carbons (Fsp3) is 0.684. The lowest BCUT2D eigenvalue weighted by Crippen LogP contribution is -2.46. The Bertz CT molecular complexity index is 630. The number of aryl methyl sites for hydroxylation is 1. The Labute approximate surface area is 161 Å². The minimum Gasteiger partial charge on any atom is -0.450 e. The molecule has 0 saturated carbocycles. The van der Waals surface area contributed by atoms with E-state index in [1.54, 1.807) is 17.9 Å². The van der Waals surface area contributed by atoms with E-state index in [-0.39, 0.29) is 18.0 Å². The Morgan fingerprint density at radius 1 is 1.22 bits per heavy atom. The zero-order valence-corrected chi connectivity index (χ0v) is 16.6. The number of unbranched alkanes of at least 4 members (excludes halogenated alkanes) is 2. The summed E-state index contributed by atoms with van der Waals surface area (Å²) in [5.41, 5.74) is 1.12. The van der Waals surface area contributed by atoms with Crippen molar-refractivity contribution >= 4 is 17.9 Å². The minimum absolute atomic E-state index is 0.0272. The Balaban J connectivity index is 1.87. The topological polar surface area (TPSA) is 96.5 Å². The standard InChI is InChI=1S/C19H31N5O3/c1-4-6-7-10-20-18-21-14(3)13-16(23-18)17(25)22-15-8-11-24(12-9-15)19(26)27-5-2/h13,15H,4-12H2,1-3H3,(H,22,25)(H,20,21,23). The summed E-state index contributed by atoms with van der Waals surface area (Å²) in [6.45, 7) is 8.13. The average molecular weight is 377 g/mol. The number of ether oxygens (including phenoxy) is 1. The zero-order chi connectivity index (χ0) is 19.6. The van der Waals surface area contributed by atoms with Crippen LogP contribution in [-0.4, -0.2) is 59.2 Å². The maximum atomic E-state index is 12.6. The smallest absolute Gasteiger partial charge is 0.409 e. The van der Waals surface area contributed by atoms with Crippen LogP contribution >= 0.6 is 0 Å². The van der Waals surface area contributed by atoms with E-state index in [0.29, 0.717) is 44.2 Å². The first-order valence-corrected chi connectivity index (χ1v) is 9.85. The van der Waals surface area contributed by atoms with Crippen LogP contribution < -0.4 is 10.6 Å². The summed E-state index contributed by atoms with van der Waals surface area (Å²) >= 11 is 0. The van der Waals surface area contributed by atoms with Gasteiger partial charge in [-0.3, -0.25) is 4.79 Å². The van der Waals surface area contributed by atoms with Gasteiger partial charge in [0.25, 0.3) is 5.91 Å². The third-order valence-electron chi connectivity index (χ3n) is 4.51. The zero-order valence-electron chi connectivity index (χ0n) is 16.6. The number of nitrogens with one attached hydrogen (secondary N) is 2. The highest BCUT2D eigenvalue weighted by atomic mass is 16.6. The SMILES string of the molecule is CCCCCNc1nc(C)cc(C(=O)NC2CCN(C(=O)OCC)CC2)n1. The molecule has 150 valence electrons. The number of hydrogen-bond acceptors (Lipinski definition) is 6. The van der Waals surface area contributed by atoms with E-state index in [4.69, 9.17) is 4.74 Å². The van der Waals surface area contributed by atoms with Crippen molar-refractivity contribution in [2.75, 3.05) is 31.6 Å². The van der Waals surface area contributed by atoms with Crippen molar-refractivity contribution in [1.29, 1.82) is 0 Å². The summed E-state index contributed by atoms with van der Waals surface area (Å²) < 4.78 is 5.02. The van der Waals surface area contributed by atoms with E-state index in [1.165, 1.54) is 0 Å². The highest BCUT2D eigenvalue weighted by Crippen LogP contribution is 2.13. The summed E-state index contributed by atoms with van der Waals surface area (Å²) in [6.07, 6.45) is 4.48. The molecule has 2 N–H and O–H groups in total. The lowest BCUT2D eigenvalue weighted by Gasteiger charge is -2.31. The van der Waals surface area contributed by atoms with Gasteiger partial charge in [-0.25, -0.2) is 14.8 Å². The van der Waals surface area contributed by atoms with E-state index >= 15 is 0 Å². The molecule has 0 radical (unpaired) electrons. The number of piperidine rings is 1. The van der Waals surface area contributed by atoms with Gasteiger partial charge in [-0.15, -0.1) is 0 Å². The third kappa shape index (κ3) is 6.69. The number of rotatable bonds is 8. The molecule has 27 heavy (non-hydrogen) atoms. The summed E-state index contributed by atoms with van der Waals surface area (Å²) in [4.78, 5) is 34.7. The number of carbonyl (C=O) groups excluding carboxylic acids is 2. The fourth-order valence-corrected chi connectivity index (χ4v) is 3.02. The summed E-state index contributed by atoms with van der Waals surface area (Å²) in [6, 6.07) is 1.72. The molecule has 2 rings (SSSR count). The van der Waals surface area contributed by atoms with Crippen LogP contribution in [0.2, 0.25) is 0 Å². The lowest BCUT2D eigenvalue weighted by atomic mass is 10.1. The molecule has 1 aliphatic heterocycles. The number of likely N-dealkylation sites (tertiary alicyclic amines) is 1. The number of carbonyl (C=O) groups is 2. The molecule has 8 heteroatoms. The third-order valence-corrected chi connectivity index (χ3v) is 4.51. The minimum atomic E-state index is -0.285. The van der Waals surface area contributed by atoms with E-state index in [1.807, 2.05) is 6.92 Å². The van der Waals surface area contributed by atoms with Gasteiger partial charge in [0.1, 0.15) is 5.69 Å². The van der Waals surface area contributed by atoms with Gasteiger partial charge < -0.3 is 20.3 Å². The van der Waals surface area contributed by atoms with Crippen molar-refractivity contribution in [3.63, 3.8) is 0 Å². The Kier molecular flexibility index (Phi) is 8.29. The van der Waals surface area contributed by atoms with Gasteiger partial charge in [0.2, 0.25) is 5.95 Å². The van der Waals surface area contributed by atoms with Crippen LogP contribution in [0, 0.1) is 6.92 Å². The molecule has 1 aromatic heterocycles. The molecular formula is C19H31N5O3. The van der Waals surface area contributed by atoms with E-state index in [0.717, 1.165) is 31.5 Å². The molecule has 0 spiro atoms. The first-order valence-electron chi connectivity index (χ1n) is 9.85. The number of nitrogens with zero attached hydrogens (tertiary/aromatic N) is 3. The van der Waals surface area contributed by atoms with Gasteiger partial charge in [0.15, 0.2) is 0 Å². The van der Waals surface area contributed by atoms with Crippen LogP contribution in [0.25, 0.3) is 0 Å². The van der Waals surface area contributed by atoms with Crippen molar-refractivity contribution in [3.8, 4) is 0 Å². The second-order valence-corrected chi connectivity index (χ2v) is 6.79. The summed E-state index contributed by atoms with van der Waals surface area (Å²) in [5.74, 6) is 0.292. The van der Waals surface area contributed by atoms with Crippen LogP contribution in [0.5, 0.6) is 0 Å². The quantitative estimate of drug-likeness (QED) is 0.676. The van der Waals surface area contributed by atoms with E-state index < -0.39 is 0 Å². The monoisotopic (exact) mass is 377 g/mol. The average Bonchev–Trinajstić information content (AvgIpc) is 2.65. The molecule has 1 aliphatic rings. The Morgan fingerprint density at radius 2 is 1.96 bits per heavy atom. The molecule has 0 aliphatic carbocycles. The number of aromatic nitrogens is 2. The van der Waals surface area contributed by atoms with Gasteiger partial charge in [0.05, 0.1) is 6.61 Å². The molecule has 0 atom stereocenters. The normalized spacial score (nSPS) is 14.7. The maximum Gasteiger partial charge on any atom is 0.409 e. The van der Waals surface area contributed by atoms with Crippen LogP contribution in [0.4, 0.5) is 10.7 Å². The first-order chi connectivity index (χ1) is 13.0. The molecular weight excluding hydrogens is 346 g/mol.